The van der Waals surface area contributed by atoms with E-state index in [2.05, 4.69) is 48.5 Å². The van der Waals surface area contributed by atoms with Crippen molar-refractivity contribution in [2.45, 2.75) is 349 Å². The van der Waals surface area contributed by atoms with Gasteiger partial charge in [-0.3, -0.25) is 37.3 Å². The van der Waals surface area contributed by atoms with Crippen LogP contribution >= 0.6 is 15.6 Å². The lowest BCUT2D eigenvalue weighted by atomic mass is 10.0. The molecule has 5 atom stereocenters. The molecule has 0 bridgehead atoms. The van der Waals surface area contributed by atoms with Gasteiger partial charge in [-0.25, -0.2) is 9.13 Å². The van der Waals surface area contributed by atoms with Gasteiger partial charge in [-0.1, -0.05) is 280 Å². The number of rotatable bonds is 65. The van der Waals surface area contributed by atoms with Crippen molar-refractivity contribution in [3.05, 3.63) is 0 Å². The first-order valence-electron chi connectivity index (χ1n) is 34.8. The maximum Gasteiger partial charge on any atom is 0.472 e. The number of esters is 4. The van der Waals surface area contributed by atoms with Crippen molar-refractivity contribution < 1.29 is 80.2 Å². The zero-order valence-electron chi connectivity index (χ0n) is 55.8. The SMILES string of the molecule is CCCCCCCCCCCCCCCC(=O)OC[C@H](COP(=O)(O)OC[C@@H](O)COP(=O)(O)OC[C@@H](COC(=O)CCCCCCCCC(C)C)OC(=O)CCCCCCCCCC(C)C)OC(=O)CCCCCCCCCCCCCC(C)C. The molecule has 0 aliphatic rings. The predicted molar refractivity (Wildman–Crippen MR) is 344 cm³/mol. The molecule has 0 amide bonds. The molecule has 0 fully saturated rings. The van der Waals surface area contributed by atoms with E-state index in [0.717, 1.165) is 102 Å². The first kappa shape index (κ1) is 84.1. The Morgan fingerprint density at radius 1 is 0.314 bits per heavy atom. The minimum atomic E-state index is -4.95. The molecule has 0 aliphatic carbocycles. The summed E-state index contributed by atoms with van der Waals surface area (Å²) in [6, 6.07) is 0. The number of ether oxygens (including phenoxy) is 4. The first-order valence-corrected chi connectivity index (χ1v) is 37.8. The van der Waals surface area contributed by atoms with E-state index in [4.69, 9.17) is 37.0 Å². The number of aliphatic hydroxyl groups is 1. The summed E-state index contributed by atoms with van der Waals surface area (Å²) >= 11 is 0. The summed E-state index contributed by atoms with van der Waals surface area (Å²) in [6.07, 6.45) is 40.5. The predicted octanol–water partition coefficient (Wildman–Crippen LogP) is 18.7. The molecule has 0 aliphatic heterocycles. The fourth-order valence-corrected chi connectivity index (χ4v) is 11.6. The van der Waals surface area contributed by atoms with Gasteiger partial charge in [-0.2, -0.15) is 0 Å². The molecule has 0 aromatic carbocycles. The highest BCUT2D eigenvalue weighted by Crippen LogP contribution is 2.45. The highest BCUT2D eigenvalue weighted by atomic mass is 31.2. The van der Waals surface area contributed by atoms with Crippen molar-refractivity contribution in [3.8, 4) is 0 Å². The van der Waals surface area contributed by atoms with Gasteiger partial charge in [0.15, 0.2) is 12.2 Å². The Kier molecular flexibility index (Phi) is 56.9. The van der Waals surface area contributed by atoms with Crippen molar-refractivity contribution >= 4 is 39.5 Å². The summed E-state index contributed by atoms with van der Waals surface area (Å²) in [5.74, 6) is 0.00672. The quantitative estimate of drug-likeness (QED) is 0.0222. The molecule has 17 nitrogen and oxygen atoms in total. The van der Waals surface area contributed by atoms with Crippen LogP contribution in [0.3, 0.4) is 0 Å². The monoisotopic (exact) mass is 1270 g/mol. The van der Waals surface area contributed by atoms with E-state index in [0.29, 0.717) is 37.5 Å². The topological polar surface area (TPSA) is 237 Å². The van der Waals surface area contributed by atoms with Crippen LogP contribution in [0.2, 0.25) is 0 Å². The molecule has 0 saturated carbocycles. The number of carbonyl (C=O) groups is 4. The van der Waals surface area contributed by atoms with Crippen molar-refractivity contribution in [3.63, 3.8) is 0 Å². The average molecular weight is 1270 g/mol. The number of hydrogen-bond donors (Lipinski definition) is 3. The summed E-state index contributed by atoms with van der Waals surface area (Å²) in [5, 5.41) is 10.6. The summed E-state index contributed by atoms with van der Waals surface area (Å²) in [7, 11) is -9.89. The molecule has 2 unspecified atom stereocenters. The Bertz CT molecular complexity index is 1700. The van der Waals surface area contributed by atoms with Gasteiger partial charge in [0.2, 0.25) is 0 Å². The molecule has 0 aromatic heterocycles. The number of carbonyl (C=O) groups excluding carboxylic acids is 4. The molecule has 0 spiro atoms. The average Bonchev–Trinajstić information content (AvgIpc) is 3.66. The van der Waals surface area contributed by atoms with E-state index in [1.807, 2.05) is 0 Å². The van der Waals surface area contributed by atoms with Crippen LogP contribution in [0.15, 0.2) is 0 Å². The molecule has 86 heavy (non-hydrogen) atoms. The van der Waals surface area contributed by atoms with Crippen LogP contribution in [-0.2, 0) is 65.4 Å². The largest absolute Gasteiger partial charge is 0.472 e. The first-order chi connectivity index (χ1) is 41.2. The van der Waals surface area contributed by atoms with Gasteiger partial charge in [0.25, 0.3) is 0 Å². The van der Waals surface area contributed by atoms with Crippen LogP contribution in [-0.4, -0.2) is 96.7 Å². The van der Waals surface area contributed by atoms with Gasteiger partial charge in [-0.05, 0) is 43.4 Å². The van der Waals surface area contributed by atoms with E-state index >= 15 is 0 Å². The maximum atomic E-state index is 13.0. The summed E-state index contributed by atoms with van der Waals surface area (Å²) < 4.78 is 68.1. The molecule has 0 radical (unpaired) electrons. The Balaban J connectivity index is 5.24. The number of hydrogen-bond acceptors (Lipinski definition) is 15. The van der Waals surface area contributed by atoms with E-state index in [1.165, 1.54) is 135 Å². The van der Waals surface area contributed by atoms with Gasteiger partial charge in [-0.15, -0.1) is 0 Å². The van der Waals surface area contributed by atoms with Crippen LogP contribution in [0.1, 0.15) is 331 Å². The lowest BCUT2D eigenvalue weighted by Gasteiger charge is -2.21. The second-order valence-corrected chi connectivity index (χ2v) is 28.5. The molecular weight excluding hydrogens is 1140 g/mol. The van der Waals surface area contributed by atoms with Crippen LogP contribution in [0.4, 0.5) is 0 Å². The van der Waals surface area contributed by atoms with Crippen molar-refractivity contribution in [2.24, 2.45) is 17.8 Å². The Morgan fingerprint density at radius 3 is 0.791 bits per heavy atom. The second-order valence-electron chi connectivity index (χ2n) is 25.6. The number of phosphoric ester groups is 2. The standard InChI is InChI=1S/C67H130O17P2/c1-8-9-10-11-12-13-14-15-18-21-26-34-41-48-64(69)77-54-62(83-66(71)50-43-36-27-22-19-16-17-20-24-31-38-45-58(2)3)56-81-85(73,74)79-52-61(68)53-80-86(75,76)82-57-63(55-78-65(70)49-42-35-30-29-33-40-47-60(6)7)84-67(72)51-44-37-28-23-25-32-39-46-59(4)5/h58-63,68H,8-57H2,1-7H3,(H,73,74)(H,75,76)/t61-,62-,63-/m1/s1. The zero-order chi connectivity index (χ0) is 63.8. The van der Waals surface area contributed by atoms with Gasteiger partial charge in [0.1, 0.15) is 19.3 Å². The normalized spacial score (nSPS) is 14.3. The second kappa shape index (κ2) is 58.2. The Morgan fingerprint density at radius 2 is 0.535 bits per heavy atom. The van der Waals surface area contributed by atoms with E-state index in [9.17, 15) is 43.2 Å². The van der Waals surface area contributed by atoms with E-state index in [-0.39, 0.29) is 25.7 Å². The molecule has 3 N–H and O–H groups in total. The fourth-order valence-electron chi connectivity index (χ4n) is 10.0. The maximum absolute atomic E-state index is 13.0. The minimum absolute atomic E-state index is 0.102. The lowest BCUT2D eigenvalue weighted by molar-refractivity contribution is -0.161. The fraction of sp³-hybridized carbons (Fsp3) is 0.940. The highest BCUT2D eigenvalue weighted by Gasteiger charge is 2.30. The van der Waals surface area contributed by atoms with E-state index < -0.39 is 97.5 Å². The molecule has 19 heteroatoms. The molecule has 0 heterocycles. The number of phosphoric acid groups is 2. The molecule has 510 valence electrons. The van der Waals surface area contributed by atoms with Crippen molar-refractivity contribution in [2.75, 3.05) is 39.6 Å². The van der Waals surface area contributed by atoms with Crippen molar-refractivity contribution in [1.82, 2.24) is 0 Å². The molecule has 0 aromatic rings. The third-order valence-electron chi connectivity index (χ3n) is 15.4. The van der Waals surface area contributed by atoms with Gasteiger partial charge in [0.05, 0.1) is 26.4 Å². The van der Waals surface area contributed by atoms with Crippen LogP contribution in [0, 0.1) is 17.8 Å². The molecule has 0 saturated heterocycles. The third kappa shape index (κ3) is 60.9. The van der Waals surface area contributed by atoms with Crippen molar-refractivity contribution in [1.29, 1.82) is 0 Å². The minimum Gasteiger partial charge on any atom is -0.462 e. The number of unbranched alkanes of at least 4 members (excludes halogenated alkanes) is 33. The summed E-state index contributed by atoms with van der Waals surface area (Å²) in [5.41, 5.74) is 0. The lowest BCUT2D eigenvalue weighted by Crippen LogP contribution is -2.30. The van der Waals surface area contributed by atoms with Crippen LogP contribution in [0.5, 0.6) is 0 Å². The van der Waals surface area contributed by atoms with Crippen LogP contribution in [0.25, 0.3) is 0 Å². The zero-order valence-corrected chi connectivity index (χ0v) is 57.6. The van der Waals surface area contributed by atoms with E-state index in [1.54, 1.807) is 0 Å². The smallest absolute Gasteiger partial charge is 0.462 e. The molecular formula is C67H130O17P2. The third-order valence-corrected chi connectivity index (χ3v) is 17.3. The summed E-state index contributed by atoms with van der Waals surface area (Å²) in [6.45, 7) is 11.7. The Labute approximate surface area is 524 Å². The number of aliphatic hydroxyl groups excluding tert-OH is 1. The van der Waals surface area contributed by atoms with Crippen LogP contribution < -0.4 is 0 Å². The Hall–Kier alpha value is -1.94. The van der Waals surface area contributed by atoms with Gasteiger partial charge >= 0.3 is 39.5 Å². The van der Waals surface area contributed by atoms with Gasteiger partial charge in [0, 0.05) is 25.7 Å². The highest BCUT2D eigenvalue weighted by molar-refractivity contribution is 7.47. The van der Waals surface area contributed by atoms with Gasteiger partial charge < -0.3 is 33.8 Å². The summed E-state index contributed by atoms with van der Waals surface area (Å²) in [4.78, 5) is 72.3. The molecule has 0 rings (SSSR count).